The lowest BCUT2D eigenvalue weighted by Gasteiger charge is -2.48. The van der Waals surface area contributed by atoms with E-state index in [1.807, 2.05) is 12.1 Å². The van der Waals surface area contributed by atoms with E-state index in [1.165, 1.54) is 11.1 Å². The summed E-state index contributed by atoms with van der Waals surface area (Å²) in [7, 11) is -5.68. The SMILES string of the molecule is CC(C)(C)[Si](C)(C)O[C@@H](/C=C/[C@@H]1CC[C@H]1CS(N)(=O)=O)[C@@H]1CC[C@H]1CN1C[C@@]2(CCCc3cc(Cl)ccc32)COc2ccc(C(=O)O)cc21. The second-order valence-corrected chi connectivity index (χ2v) is 23.5. The number of rotatable bonds is 10. The normalized spacial score (nSPS) is 27.8. The Morgan fingerprint density at radius 1 is 1.16 bits per heavy atom. The number of carboxylic acid groups (broad SMARTS) is 1. The minimum atomic E-state index is -3.52. The number of anilines is 1. The number of allylic oxidation sites excluding steroid dienone is 1. The zero-order chi connectivity index (χ0) is 35.4. The van der Waals surface area contributed by atoms with E-state index in [0.29, 0.717) is 12.5 Å². The maximum atomic E-state index is 12.1. The van der Waals surface area contributed by atoms with Crippen LogP contribution in [0.25, 0.3) is 0 Å². The van der Waals surface area contributed by atoms with Gasteiger partial charge in [-0.25, -0.2) is 18.4 Å². The molecule has 1 aliphatic heterocycles. The van der Waals surface area contributed by atoms with E-state index in [9.17, 15) is 18.3 Å². The van der Waals surface area contributed by atoms with Gasteiger partial charge in [0.05, 0.1) is 29.7 Å². The van der Waals surface area contributed by atoms with Crippen molar-refractivity contribution in [3.63, 3.8) is 0 Å². The Kier molecular flexibility index (Phi) is 10.1. The summed E-state index contributed by atoms with van der Waals surface area (Å²) in [5.41, 5.74) is 3.38. The maximum Gasteiger partial charge on any atom is 0.335 e. The van der Waals surface area contributed by atoms with Crippen LogP contribution < -0.4 is 14.8 Å². The van der Waals surface area contributed by atoms with Gasteiger partial charge in [-0.2, -0.15) is 0 Å². The highest BCUT2D eigenvalue weighted by atomic mass is 35.5. The van der Waals surface area contributed by atoms with Gasteiger partial charge in [0.2, 0.25) is 10.0 Å². The summed E-state index contributed by atoms with van der Waals surface area (Å²) in [5.74, 6) is 0.638. The lowest BCUT2D eigenvalue weighted by atomic mass is 9.68. The minimum Gasteiger partial charge on any atom is -0.490 e. The molecule has 49 heavy (non-hydrogen) atoms. The number of hydrogen-bond donors (Lipinski definition) is 2. The number of carbonyl (C=O) groups is 1. The molecule has 6 rings (SSSR count). The van der Waals surface area contributed by atoms with Crippen molar-refractivity contribution < 1.29 is 27.5 Å². The van der Waals surface area contributed by atoms with Gasteiger partial charge in [0.1, 0.15) is 5.75 Å². The van der Waals surface area contributed by atoms with Gasteiger partial charge in [-0.05, 0) is 128 Å². The lowest BCUT2D eigenvalue weighted by molar-refractivity contribution is 0.0519. The highest BCUT2D eigenvalue weighted by Gasteiger charge is 2.47. The Bertz CT molecular complexity index is 1710. The Labute approximate surface area is 298 Å². The molecule has 0 amide bonds. The molecule has 0 saturated heterocycles. The fourth-order valence-corrected chi connectivity index (χ4v) is 10.7. The highest BCUT2D eigenvalue weighted by Crippen LogP contribution is 2.48. The molecule has 3 aliphatic carbocycles. The topological polar surface area (TPSA) is 119 Å². The molecule has 3 N–H and O–H groups in total. The Hall–Kier alpha value is -2.37. The number of ether oxygens (including phenoxy) is 1. The predicted octanol–water partition coefficient (Wildman–Crippen LogP) is 7.80. The quantitative estimate of drug-likeness (QED) is 0.189. The summed E-state index contributed by atoms with van der Waals surface area (Å²) in [6.07, 6.45) is 11.3. The van der Waals surface area contributed by atoms with Crippen molar-refractivity contribution in [1.29, 1.82) is 0 Å². The van der Waals surface area contributed by atoms with Crippen LogP contribution in [0.2, 0.25) is 23.2 Å². The Balaban J connectivity index is 1.31. The van der Waals surface area contributed by atoms with Crippen molar-refractivity contribution in [2.24, 2.45) is 28.8 Å². The molecule has 2 aromatic rings. The first kappa shape index (κ1) is 36.4. The molecule has 4 aliphatic rings. The van der Waals surface area contributed by atoms with Gasteiger partial charge in [0, 0.05) is 23.5 Å². The van der Waals surface area contributed by atoms with E-state index >= 15 is 0 Å². The van der Waals surface area contributed by atoms with Gasteiger partial charge in [-0.3, -0.25) is 0 Å². The molecule has 6 atom stereocenters. The average Bonchev–Trinajstić information content (AvgIpc) is 3.13. The third kappa shape index (κ3) is 7.78. The van der Waals surface area contributed by atoms with Gasteiger partial charge in [-0.1, -0.05) is 50.6 Å². The van der Waals surface area contributed by atoms with Gasteiger partial charge in [0.25, 0.3) is 0 Å². The highest BCUT2D eigenvalue weighted by molar-refractivity contribution is 7.89. The summed E-state index contributed by atoms with van der Waals surface area (Å²) in [5, 5.41) is 16.1. The minimum absolute atomic E-state index is 0.0215. The number of nitrogens with two attached hydrogens (primary N) is 1. The molecule has 11 heteroatoms. The molecule has 8 nitrogen and oxygen atoms in total. The van der Waals surface area contributed by atoms with Crippen molar-refractivity contribution in [1.82, 2.24) is 0 Å². The molecule has 2 aromatic carbocycles. The van der Waals surface area contributed by atoms with E-state index in [-0.39, 0.29) is 45.6 Å². The fourth-order valence-electron chi connectivity index (χ4n) is 8.18. The van der Waals surface area contributed by atoms with E-state index in [2.05, 4.69) is 63.0 Å². The van der Waals surface area contributed by atoms with Gasteiger partial charge >= 0.3 is 5.97 Å². The van der Waals surface area contributed by atoms with Crippen molar-refractivity contribution in [2.75, 3.05) is 30.3 Å². The maximum absolute atomic E-state index is 12.1. The van der Waals surface area contributed by atoms with E-state index in [0.717, 1.165) is 74.5 Å². The number of primary sulfonamides is 1. The van der Waals surface area contributed by atoms with Gasteiger partial charge in [0.15, 0.2) is 8.32 Å². The van der Waals surface area contributed by atoms with Crippen LogP contribution in [-0.4, -0.2) is 59.4 Å². The molecule has 1 heterocycles. The van der Waals surface area contributed by atoms with Gasteiger partial charge in [-0.15, -0.1) is 0 Å². The van der Waals surface area contributed by atoms with E-state index in [1.54, 1.807) is 12.1 Å². The standard InChI is InChI=1S/C38H53ClN2O6SSi/c1-37(2,3)49(4,5)47-34(16-11-25-8-9-29(25)22-48(40,44)45)31-14-10-28(31)21-41-23-38(18-6-7-26-19-30(39)13-15-32(26)38)24-46-35-17-12-27(36(42)43)20-33(35)41/h11-13,15-17,19-20,25,28-29,31,34H,6-10,14,18,21-24H2,1-5H3,(H,42,43)(H2,40,44,45)/b16-11+/t25-,28-,29-,31+,34-,38-/m0/s1. The zero-order valence-electron chi connectivity index (χ0n) is 29.6. The van der Waals surface area contributed by atoms with Crippen LogP contribution in [0.3, 0.4) is 0 Å². The van der Waals surface area contributed by atoms with Crippen molar-refractivity contribution in [2.45, 2.75) is 95.4 Å². The van der Waals surface area contributed by atoms with Crippen LogP contribution in [-0.2, 0) is 26.3 Å². The fraction of sp³-hybridized carbons (Fsp3) is 0.605. The largest absolute Gasteiger partial charge is 0.490 e. The number of halogens is 1. The molecule has 1 spiro atoms. The predicted molar refractivity (Wildman–Crippen MR) is 199 cm³/mol. The second kappa shape index (κ2) is 13.6. The van der Waals surface area contributed by atoms with Crippen LogP contribution in [0.5, 0.6) is 5.75 Å². The molecule has 2 fully saturated rings. The summed E-state index contributed by atoms with van der Waals surface area (Å²) in [4.78, 5) is 14.5. The number of nitrogens with zero attached hydrogens (tertiary/aromatic N) is 1. The summed E-state index contributed by atoms with van der Waals surface area (Å²) in [6, 6.07) is 11.5. The second-order valence-electron chi connectivity index (χ2n) is 16.7. The van der Waals surface area contributed by atoms with Crippen LogP contribution in [0.15, 0.2) is 48.6 Å². The third-order valence-electron chi connectivity index (χ3n) is 12.3. The number of benzene rings is 2. The van der Waals surface area contributed by atoms with Crippen molar-refractivity contribution in [3.8, 4) is 5.75 Å². The van der Waals surface area contributed by atoms with Crippen molar-refractivity contribution in [3.05, 3.63) is 70.3 Å². The zero-order valence-corrected chi connectivity index (χ0v) is 32.2. The monoisotopic (exact) mass is 728 g/mol. The Morgan fingerprint density at radius 3 is 2.55 bits per heavy atom. The van der Waals surface area contributed by atoms with Crippen LogP contribution >= 0.6 is 11.6 Å². The summed E-state index contributed by atoms with van der Waals surface area (Å²) < 4.78 is 37.5. The summed E-state index contributed by atoms with van der Waals surface area (Å²) in [6.45, 7) is 13.4. The number of aromatic carboxylic acids is 1. The van der Waals surface area contributed by atoms with Crippen LogP contribution in [0.4, 0.5) is 5.69 Å². The first-order chi connectivity index (χ1) is 22.9. The molecular formula is C38H53ClN2O6SSi. The molecule has 268 valence electrons. The van der Waals surface area contributed by atoms with Crippen molar-refractivity contribution >= 4 is 41.6 Å². The van der Waals surface area contributed by atoms with Gasteiger partial charge < -0.3 is 19.2 Å². The molecule has 0 radical (unpaired) electrons. The smallest absolute Gasteiger partial charge is 0.335 e. The first-order valence-electron chi connectivity index (χ1n) is 17.9. The number of hydrogen-bond acceptors (Lipinski definition) is 6. The third-order valence-corrected chi connectivity index (χ3v) is 17.9. The van der Waals surface area contributed by atoms with E-state index < -0.39 is 24.3 Å². The molecule has 2 saturated carbocycles. The molecular weight excluding hydrogens is 676 g/mol. The van der Waals surface area contributed by atoms with Crippen LogP contribution in [0.1, 0.15) is 80.8 Å². The van der Waals surface area contributed by atoms with Crippen LogP contribution in [0, 0.1) is 23.7 Å². The number of fused-ring (bicyclic) bond motifs is 3. The number of carboxylic acids is 1. The Morgan fingerprint density at radius 2 is 1.92 bits per heavy atom. The number of aryl methyl sites for hydroxylation is 1. The first-order valence-corrected chi connectivity index (χ1v) is 22.9. The molecule has 0 unspecified atom stereocenters. The average molecular weight is 729 g/mol. The lowest BCUT2D eigenvalue weighted by Crippen LogP contribution is -2.52. The van der Waals surface area contributed by atoms with E-state index in [4.69, 9.17) is 25.9 Å². The molecule has 0 aromatic heterocycles. The molecule has 0 bridgehead atoms. The number of sulfonamides is 1. The summed E-state index contributed by atoms with van der Waals surface area (Å²) >= 11 is 6.45.